The van der Waals surface area contributed by atoms with E-state index in [2.05, 4.69) is 18.7 Å². The lowest BCUT2D eigenvalue weighted by Gasteiger charge is -2.17. The van der Waals surface area contributed by atoms with Gasteiger partial charge in [-0.2, -0.15) is 0 Å². The summed E-state index contributed by atoms with van der Waals surface area (Å²) in [6.45, 7) is 8.41. The second-order valence-electron chi connectivity index (χ2n) is 9.51. The number of fused-ring (bicyclic) bond motifs is 1. The zero-order valence-electron chi connectivity index (χ0n) is 23.6. The zero-order valence-corrected chi connectivity index (χ0v) is 23.6. The number of benzene rings is 3. The van der Waals surface area contributed by atoms with E-state index < -0.39 is 5.97 Å². The van der Waals surface area contributed by atoms with Crippen LogP contribution in [0.2, 0.25) is 0 Å². The van der Waals surface area contributed by atoms with Crippen molar-refractivity contribution < 1.29 is 23.5 Å². The van der Waals surface area contributed by atoms with E-state index in [4.69, 9.17) is 18.9 Å². The summed E-state index contributed by atoms with van der Waals surface area (Å²) in [6.07, 6.45) is 0. The highest BCUT2D eigenvalue weighted by molar-refractivity contribution is 5.89. The molecule has 0 aliphatic heterocycles. The number of rotatable bonds is 10. The van der Waals surface area contributed by atoms with Crippen LogP contribution in [0.25, 0.3) is 22.3 Å². The van der Waals surface area contributed by atoms with Crippen molar-refractivity contribution in [1.29, 1.82) is 0 Å². The summed E-state index contributed by atoms with van der Waals surface area (Å²) in [5.74, 6) is 0.235. The minimum absolute atomic E-state index is 0.347. The fourth-order valence-corrected chi connectivity index (χ4v) is 4.24. The second kappa shape index (κ2) is 13.1. The van der Waals surface area contributed by atoms with Gasteiger partial charge in [0.25, 0.3) is 0 Å². The number of hydrogen-bond acceptors (Lipinski definition) is 8. The number of esters is 2. The Labute approximate surface area is 234 Å². The molecule has 0 fully saturated rings. The number of anilines is 1. The molecular weight excluding hydrogens is 506 g/mol. The van der Waals surface area contributed by atoms with Gasteiger partial charge in [-0.3, -0.25) is 4.79 Å². The normalized spacial score (nSPS) is 11.6. The lowest BCUT2D eigenvalue weighted by molar-refractivity contribution is -0.131. The Hall–Kier alpha value is -4.43. The summed E-state index contributed by atoms with van der Waals surface area (Å²) < 4.78 is 17.0. The zero-order chi connectivity index (χ0) is 28.6. The van der Waals surface area contributed by atoms with Gasteiger partial charge in [-0.15, -0.1) is 0 Å². The quantitative estimate of drug-likeness (QED) is 0.185. The Kier molecular flexibility index (Phi) is 9.35. The fourth-order valence-electron chi connectivity index (χ4n) is 4.24. The average molecular weight is 542 g/mol. The third-order valence-electron chi connectivity index (χ3n) is 6.53. The van der Waals surface area contributed by atoms with E-state index in [0.29, 0.717) is 46.9 Å². The number of ether oxygens (including phenoxy) is 2. The highest BCUT2D eigenvalue weighted by atomic mass is 16.5. The SMILES string of the molecule is CCN(CC)CCOC(=O)c1ccc(N=c2cc(-c3ccc(N(C)C)cc3)oc3cc(OC(C)=O)ccc23)cc1. The molecule has 0 aliphatic carbocycles. The van der Waals surface area contributed by atoms with Crippen molar-refractivity contribution >= 4 is 34.3 Å². The Morgan fingerprint density at radius 1 is 0.900 bits per heavy atom. The highest BCUT2D eigenvalue weighted by Gasteiger charge is 2.11. The van der Waals surface area contributed by atoms with Crippen molar-refractivity contribution in [3.8, 4) is 17.1 Å². The van der Waals surface area contributed by atoms with Crippen molar-refractivity contribution in [1.82, 2.24) is 4.90 Å². The average Bonchev–Trinajstić information content (AvgIpc) is 2.95. The summed E-state index contributed by atoms with van der Waals surface area (Å²) in [5.41, 5.74) is 3.62. The van der Waals surface area contributed by atoms with Gasteiger partial charge < -0.3 is 23.7 Å². The molecule has 0 atom stereocenters. The summed E-state index contributed by atoms with van der Waals surface area (Å²) in [7, 11) is 3.97. The van der Waals surface area contributed by atoms with Gasteiger partial charge in [0.05, 0.1) is 16.6 Å². The Morgan fingerprint density at radius 2 is 1.60 bits per heavy atom. The molecule has 40 heavy (non-hydrogen) atoms. The third kappa shape index (κ3) is 7.15. The molecule has 1 aromatic heterocycles. The molecule has 3 aromatic carbocycles. The van der Waals surface area contributed by atoms with Gasteiger partial charge in [-0.1, -0.05) is 13.8 Å². The van der Waals surface area contributed by atoms with E-state index in [1.165, 1.54) is 6.92 Å². The molecule has 0 spiro atoms. The standard InChI is InChI=1S/C32H35N3O5/c1-6-35(7-2)18-19-38-32(37)24-8-12-25(13-9-24)33-29-21-30(23-10-14-26(15-11-23)34(4)5)40-31-20-27(39-22(3)36)16-17-28(29)31/h8-17,20-21H,6-7,18-19H2,1-5H3. The molecule has 0 amide bonds. The van der Waals surface area contributed by atoms with Crippen molar-refractivity contribution in [2.24, 2.45) is 4.99 Å². The first-order valence-electron chi connectivity index (χ1n) is 13.4. The molecule has 4 aromatic rings. The van der Waals surface area contributed by atoms with Gasteiger partial charge in [0, 0.05) is 56.3 Å². The largest absolute Gasteiger partial charge is 0.461 e. The van der Waals surface area contributed by atoms with Crippen LogP contribution in [0.5, 0.6) is 5.75 Å². The van der Waals surface area contributed by atoms with Crippen LogP contribution in [-0.4, -0.2) is 57.2 Å². The second-order valence-corrected chi connectivity index (χ2v) is 9.51. The van der Waals surface area contributed by atoms with Crippen LogP contribution in [-0.2, 0) is 9.53 Å². The van der Waals surface area contributed by atoms with Gasteiger partial charge in [-0.25, -0.2) is 9.79 Å². The maximum atomic E-state index is 12.5. The minimum atomic E-state index is -0.411. The first-order chi connectivity index (χ1) is 19.3. The molecule has 0 saturated heterocycles. The van der Waals surface area contributed by atoms with Crippen LogP contribution in [0.3, 0.4) is 0 Å². The van der Waals surface area contributed by atoms with Crippen LogP contribution in [0.1, 0.15) is 31.1 Å². The molecular formula is C32H35N3O5. The number of likely N-dealkylation sites (N-methyl/N-ethyl adjacent to an activating group) is 1. The van der Waals surface area contributed by atoms with E-state index in [1.54, 1.807) is 36.4 Å². The molecule has 8 heteroatoms. The number of nitrogens with zero attached hydrogens (tertiary/aromatic N) is 3. The summed E-state index contributed by atoms with van der Waals surface area (Å²) in [5, 5.41) is 1.43. The molecule has 8 nitrogen and oxygen atoms in total. The predicted molar refractivity (Wildman–Crippen MR) is 157 cm³/mol. The van der Waals surface area contributed by atoms with Gasteiger partial charge in [0.2, 0.25) is 0 Å². The number of carbonyl (C=O) groups excluding carboxylic acids is 2. The lowest BCUT2D eigenvalue weighted by Crippen LogP contribution is -2.27. The maximum absolute atomic E-state index is 12.5. The Balaban J connectivity index is 1.67. The van der Waals surface area contributed by atoms with Crippen LogP contribution < -0.4 is 15.0 Å². The van der Waals surface area contributed by atoms with E-state index in [1.807, 2.05) is 55.4 Å². The van der Waals surface area contributed by atoms with E-state index >= 15 is 0 Å². The molecule has 208 valence electrons. The van der Waals surface area contributed by atoms with E-state index in [-0.39, 0.29) is 5.97 Å². The van der Waals surface area contributed by atoms with Gasteiger partial charge in [0.1, 0.15) is 23.7 Å². The van der Waals surface area contributed by atoms with Crippen LogP contribution in [0.4, 0.5) is 11.4 Å². The summed E-state index contributed by atoms with van der Waals surface area (Å²) >= 11 is 0. The monoisotopic (exact) mass is 541 g/mol. The fraction of sp³-hybridized carbons (Fsp3) is 0.281. The molecule has 0 radical (unpaired) electrons. The van der Waals surface area contributed by atoms with Gasteiger partial charge in [-0.05, 0) is 73.8 Å². The van der Waals surface area contributed by atoms with Crippen molar-refractivity contribution in [2.75, 3.05) is 45.2 Å². The molecule has 0 N–H and O–H groups in total. The molecule has 0 bridgehead atoms. The smallest absolute Gasteiger partial charge is 0.338 e. The van der Waals surface area contributed by atoms with Gasteiger partial charge in [0.15, 0.2) is 0 Å². The van der Waals surface area contributed by atoms with Crippen molar-refractivity contribution in [3.63, 3.8) is 0 Å². The predicted octanol–water partition coefficient (Wildman–Crippen LogP) is 5.82. The number of carbonyl (C=O) groups is 2. The first kappa shape index (κ1) is 28.6. The minimum Gasteiger partial charge on any atom is -0.461 e. The van der Waals surface area contributed by atoms with Crippen molar-refractivity contribution in [3.05, 3.63) is 83.7 Å². The lowest BCUT2D eigenvalue weighted by atomic mass is 10.1. The van der Waals surface area contributed by atoms with Gasteiger partial charge >= 0.3 is 11.9 Å². The molecule has 1 heterocycles. The maximum Gasteiger partial charge on any atom is 0.338 e. The Morgan fingerprint density at radius 3 is 2.23 bits per heavy atom. The third-order valence-corrected chi connectivity index (χ3v) is 6.53. The first-order valence-corrected chi connectivity index (χ1v) is 13.4. The topological polar surface area (TPSA) is 84.6 Å². The molecule has 0 aliphatic rings. The van der Waals surface area contributed by atoms with Crippen LogP contribution in [0.15, 0.2) is 82.2 Å². The summed E-state index contributed by atoms with van der Waals surface area (Å²) in [6, 6.07) is 22.1. The molecule has 0 saturated carbocycles. The highest BCUT2D eigenvalue weighted by Crippen LogP contribution is 2.27. The number of hydrogen-bond donors (Lipinski definition) is 0. The van der Waals surface area contributed by atoms with Crippen LogP contribution in [0, 0.1) is 0 Å². The van der Waals surface area contributed by atoms with Crippen molar-refractivity contribution in [2.45, 2.75) is 20.8 Å². The van der Waals surface area contributed by atoms with Crippen LogP contribution >= 0.6 is 0 Å². The molecule has 0 unspecified atom stereocenters. The van der Waals surface area contributed by atoms with E-state index in [9.17, 15) is 9.59 Å². The van der Waals surface area contributed by atoms with E-state index in [0.717, 1.165) is 29.7 Å². The molecule has 4 rings (SSSR count). The Bertz CT molecular complexity index is 1540. The summed E-state index contributed by atoms with van der Waals surface area (Å²) in [4.78, 5) is 33.1.